The molecule has 2 aromatic carbocycles. The third-order valence-corrected chi connectivity index (χ3v) is 4.43. The van der Waals surface area contributed by atoms with E-state index in [9.17, 15) is 10.2 Å². The monoisotopic (exact) mass is 581 g/mol. The van der Waals surface area contributed by atoms with Crippen LogP contribution in [0.5, 0.6) is 23.0 Å². The standard InChI is InChI=1S/2C13H12N2O2.2CH4O.Cu/c2*1-17-11-6-4-5-10(13(11)16)9-15-12-7-2-3-8-14-12;2*1-2;/h2*2-9,16H,1H3;2*2H,1H3;/q;;;;+2/p-2/b2*15-9+;;;. The van der Waals surface area contributed by atoms with Gasteiger partial charge in [0.25, 0.3) is 0 Å². The maximum absolute atomic E-state index is 11.8. The Kier molecular flexibility index (Phi) is 18.5. The van der Waals surface area contributed by atoms with Gasteiger partial charge in [-0.15, -0.1) is 0 Å². The van der Waals surface area contributed by atoms with Crippen LogP contribution in [0.1, 0.15) is 11.1 Å². The molecule has 0 atom stereocenters. The molecular formula is C28H30CuN4O6. The topological polar surface area (TPSA) is 156 Å². The van der Waals surface area contributed by atoms with Crippen molar-refractivity contribution in [2.24, 2.45) is 9.98 Å². The normalized spacial score (nSPS) is 9.59. The average molecular weight is 582 g/mol. The fourth-order valence-corrected chi connectivity index (χ4v) is 2.72. The van der Waals surface area contributed by atoms with E-state index in [-0.39, 0.29) is 28.6 Å². The smallest absolute Gasteiger partial charge is 0.870 e. The van der Waals surface area contributed by atoms with E-state index in [2.05, 4.69) is 20.0 Å². The molecule has 0 aliphatic carbocycles. The summed E-state index contributed by atoms with van der Waals surface area (Å²) in [5.41, 5.74) is 0.963. The van der Waals surface area contributed by atoms with Crippen LogP contribution in [0.4, 0.5) is 11.6 Å². The summed E-state index contributed by atoms with van der Waals surface area (Å²) >= 11 is 0. The fraction of sp³-hybridized carbons (Fsp3) is 0.143. The maximum atomic E-state index is 11.8. The van der Waals surface area contributed by atoms with E-state index in [0.717, 1.165) is 14.2 Å². The second-order valence-corrected chi connectivity index (χ2v) is 6.65. The molecule has 0 aliphatic heterocycles. The van der Waals surface area contributed by atoms with Crippen molar-refractivity contribution in [3.05, 3.63) is 96.3 Å². The first-order valence-corrected chi connectivity index (χ1v) is 11.1. The van der Waals surface area contributed by atoms with E-state index >= 15 is 0 Å². The Morgan fingerprint density at radius 3 is 1.31 bits per heavy atom. The zero-order valence-corrected chi connectivity index (χ0v) is 22.8. The Morgan fingerprint density at radius 2 is 1.00 bits per heavy atom. The first-order valence-electron chi connectivity index (χ1n) is 11.1. The summed E-state index contributed by atoms with van der Waals surface area (Å²) in [7, 11) is 4.94. The summed E-state index contributed by atoms with van der Waals surface area (Å²) in [5, 5.41) is 37.6. The van der Waals surface area contributed by atoms with Gasteiger partial charge in [-0.05, 0) is 47.5 Å². The molecule has 0 bridgehead atoms. The van der Waals surface area contributed by atoms with Crippen LogP contribution in [-0.4, -0.2) is 61.0 Å². The van der Waals surface area contributed by atoms with Crippen molar-refractivity contribution in [3.63, 3.8) is 0 Å². The van der Waals surface area contributed by atoms with Gasteiger partial charge in [0.1, 0.15) is 11.5 Å². The third kappa shape index (κ3) is 11.8. The molecule has 209 valence electrons. The minimum absolute atomic E-state index is 0. The van der Waals surface area contributed by atoms with Crippen molar-refractivity contribution >= 4 is 24.1 Å². The summed E-state index contributed by atoms with van der Waals surface area (Å²) in [4.78, 5) is 16.3. The van der Waals surface area contributed by atoms with Crippen LogP contribution < -0.4 is 19.7 Å². The van der Waals surface area contributed by atoms with Gasteiger partial charge in [-0.3, -0.25) is 0 Å². The molecule has 4 aromatic rings. The van der Waals surface area contributed by atoms with Crippen LogP contribution >= 0.6 is 0 Å². The Bertz CT molecular complexity index is 1160. The molecule has 10 nitrogen and oxygen atoms in total. The van der Waals surface area contributed by atoms with Gasteiger partial charge < -0.3 is 29.9 Å². The minimum Gasteiger partial charge on any atom is -0.870 e. The van der Waals surface area contributed by atoms with Crippen LogP contribution in [-0.2, 0) is 17.1 Å². The number of aliphatic hydroxyl groups excluding tert-OH is 2. The fourth-order valence-electron chi connectivity index (χ4n) is 2.72. The van der Waals surface area contributed by atoms with Crippen molar-refractivity contribution in [2.75, 3.05) is 28.4 Å². The van der Waals surface area contributed by atoms with Crippen molar-refractivity contribution in [1.82, 2.24) is 9.97 Å². The Morgan fingerprint density at radius 1 is 0.615 bits per heavy atom. The van der Waals surface area contributed by atoms with Crippen molar-refractivity contribution in [3.8, 4) is 23.0 Å². The summed E-state index contributed by atoms with van der Waals surface area (Å²) in [6, 6.07) is 21.0. The van der Waals surface area contributed by atoms with Crippen molar-refractivity contribution in [2.45, 2.75) is 0 Å². The molecular weight excluding hydrogens is 552 g/mol. The first kappa shape index (κ1) is 34.7. The molecule has 0 unspecified atom stereocenters. The largest absolute Gasteiger partial charge is 2.00 e. The van der Waals surface area contributed by atoms with Gasteiger partial charge in [-0.25, -0.2) is 20.0 Å². The molecule has 2 aromatic heterocycles. The SMILES string of the molecule is CO.CO.COc1cccc(/C=N/c2ccccn2)c1[O-].COc1cccc(/C=N/c2ccccn2)c1[O-].[Cu+2]. The van der Waals surface area contributed by atoms with Crippen LogP contribution in [0.3, 0.4) is 0 Å². The molecule has 2 heterocycles. The molecule has 0 fully saturated rings. The number of hydrogen-bond donors (Lipinski definition) is 2. The van der Waals surface area contributed by atoms with E-state index in [1.165, 1.54) is 26.6 Å². The second kappa shape index (κ2) is 20.7. The number of para-hydroxylation sites is 2. The summed E-state index contributed by atoms with van der Waals surface area (Å²) in [6.07, 6.45) is 6.28. The summed E-state index contributed by atoms with van der Waals surface area (Å²) < 4.78 is 9.90. The number of aliphatic hydroxyl groups is 2. The predicted octanol–water partition coefficient (Wildman–Crippen LogP) is 3.04. The minimum atomic E-state index is -0.172. The van der Waals surface area contributed by atoms with Gasteiger partial charge in [0.15, 0.2) is 11.6 Å². The number of pyridine rings is 2. The number of ether oxygens (including phenoxy) is 2. The number of benzene rings is 2. The molecule has 0 aliphatic rings. The quantitative estimate of drug-likeness (QED) is 0.260. The molecule has 39 heavy (non-hydrogen) atoms. The number of aromatic nitrogens is 2. The summed E-state index contributed by atoms with van der Waals surface area (Å²) in [5.74, 6) is 1.42. The van der Waals surface area contributed by atoms with E-state index in [4.69, 9.17) is 19.7 Å². The number of nitrogens with zero attached hydrogens (tertiary/aromatic N) is 4. The van der Waals surface area contributed by atoms with Gasteiger partial charge in [-0.1, -0.05) is 47.9 Å². The van der Waals surface area contributed by atoms with E-state index in [0.29, 0.717) is 34.3 Å². The Hall–Kier alpha value is -4.28. The van der Waals surface area contributed by atoms with Crippen molar-refractivity contribution < 1.29 is 47.0 Å². The molecule has 2 N–H and O–H groups in total. The number of aliphatic imine (C=N–C) groups is 2. The molecule has 0 saturated carbocycles. The molecule has 1 radical (unpaired) electrons. The van der Waals surface area contributed by atoms with Gasteiger partial charge in [0.2, 0.25) is 0 Å². The van der Waals surface area contributed by atoms with E-state index < -0.39 is 0 Å². The zero-order chi connectivity index (χ0) is 28.2. The molecule has 0 saturated heterocycles. The molecule has 0 spiro atoms. The molecule has 4 rings (SSSR count). The Labute approximate surface area is 238 Å². The Balaban J connectivity index is 0.000000642. The number of hydrogen-bond acceptors (Lipinski definition) is 10. The van der Waals surface area contributed by atoms with Crippen molar-refractivity contribution in [1.29, 1.82) is 0 Å². The number of methoxy groups -OCH3 is 2. The van der Waals surface area contributed by atoms with E-state index in [1.807, 2.05) is 24.3 Å². The zero-order valence-electron chi connectivity index (χ0n) is 21.9. The van der Waals surface area contributed by atoms with Crippen LogP contribution in [0.25, 0.3) is 0 Å². The first-order chi connectivity index (χ1) is 18.6. The van der Waals surface area contributed by atoms with E-state index in [1.54, 1.807) is 60.9 Å². The summed E-state index contributed by atoms with van der Waals surface area (Å²) in [6.45, 7) is 0. The predicted molar refractivity (Wildman–Crippen MR) is 144 cm³/mol. The van der Waals surface area contributed by atoms with Gasteiger partial charge in [0, 0.05) is 39.0 Å². The average Bonchev–Trinajstić information content (AvgIpc) is 2.99. The third-order valence-electron chi connectivity index (χ3n) is 4.43. The van der Waals surface area contributed by atoms with Gasteiger partial charge in [0.05, 0.1) is 14.2 Å². The molecule has 11 heteroatoms. The molecule has 0 amide bonds. The second-order valence-electron chi connectivity index (χ2n) is 6.65. The van der Waals surface area contributed by atoms with Crippen LogP contribution in [0.15, 0.2) is 95.2 Å². The van der Waals surface area contributed by atoms with Gasteiger partial charge in [-0.2, -0.15) is 0 Å². The number of rotatable bonds is 6. The van der Waals surface area contributed by atoms with Crippen LogP contribution in [0.2, 0.25) is 0 Å². The maximum Gasteiger partial charge on any atom is 2.00 e. The van der Waals surface area contributed by atoms with Gasteiger partial charge >= 0.3 is 17.1 Å². The van der Waals surface area contributed by atoms with Crippen LogP contribution in [0, 0.1) is 0 Å².